The predicted molar refractivity (Wildman–Crippen MR) is 79.6 cm³/mol. The molecule has 0 spiro atoms. The SMILES string of the molecule is Cc1nn(CCC(=O)N2C[C@@H](C)O[C@@H](C)C2)c(C)c1[N+](=O)[O-]. The van der Waals surface area contributed by atoms with E-state index in [0.717, 1.165) is 0 Å². The van der Waals surface area contributed by atoms with Crippen LogP contribution in [0.15, 0.2) is 0 Å². The summed E-state index contributed by atoms with van der Waals surface area (Å²) < 4.78 is 7.15. The lowest BCUT2D eigenvalue weighted by Gasteiger charge is -2.35. The zero-order valence-electron chi connectivity index (χ0n) is 13.4. The molecule has 2 atom stereocenters. The maximum Gasteiger partial charge on any atom is 0.312 e. The Morgan fingerprint density at radius 1 is 1.36 bits per heavy atom. The first-order valence-electron chi connectivity index (χ1n) is 7.41. The van der Waals surface area contributed by atoms with Crippen LogP contribution in [0.1, 0.15) is 31.7 Å². The van der Waals surface area contributed by atoms with Crippen molar-refractivity contribution in [3.63, 3.8) is 0 Å². The van der Waals surface area contributed by atoms with Gasteiger partial charge in [-0.05, 0) is 27.7 Å². The number of nitro groups is 1. The number of rotatable bonds is 4. The summed E-state index contributed by atoms with van der Waals surface area (Å²) in [6, 6.07) is 0. The van der Waals surface area contributed by atoms with Gasteiger partial charge in [-0.25, -0.2) is 0 Å². The molecule has 122 valence electrons. The van der Waals surface area contributed by atoms with Crippen LogP contribution in [0.2, 0.25) is 0 Å². The van der Waals surface area contributed by atoms with Crippen molar-refractivity contribution in [2.24, 2.45) is 0 Å². The molecule has 0 bridgehead atoms. The van der Waals surface area contributed by atoms with E-state index in [4.69, 9.17) is 4.74 Å². The summed E-state index contributed by atoms with van der Waals surface area (Å²) in [4.78, 5) is 24.6. The molecule has 1 aromatic heterocycles. The standard InChI is InChI=1S/C14H22N4O4/c1-9-7-16(8-10(2)22-9)13(19)5-6-17-12(4)14(18(20)21)11(3)15-17/h9-10H,5-8H2,1-4H3/t9-,10+. The van der Waals surface area contributed by atoms with Gasteiger partial charge in [0.25, 0.3) is 0 Å². The van der Waals surface area contributed by atoms with Crippen molar-refractivity contribution < 1.29 is 14.5 Å². The van der Waals surface area contributed by atoms with Gasteiger partial charge < -0.3 is 9.64 Å². The molecule has 1 amide bonds. The highest BCUT2D eigenvalue weighted by Gasteiger charge is 2.26. The lowest BCUT2D eigenvalue weighted by atomic mass is 10.2. The number of ether oxygens (including phenoxy) is 1. The van der Waals surface area contributed by atoms with Crippen molar-refractivity contribution in [2.45, 2.75) is 52.9 Å². The van der Waals surface area contributed by atoms with Gasteiger partial charge >= 0.3 is 5.69 Å². The Morgan fingerprint density at radius 2 is 1.95 bits per heavy atom. The number of hydrogen-bond donors (Lipinski definition) is 0. The van der Waals surface area contributed by atoms with Crippen LogP contribution in [0, 0.1) is 24.0 Å². The van der Waals surface area contributed by atoms with Crippen LogP contribution < -0.4 is 0 Å². The highest BCUT2D eigenvalue weighted by molar-refractivity contribution is 5.76. The topological polar surface area (TPSA) is 90.5 Å². The number of carbonyl (C=O) groups excluding carboxylic acids is 1. The Hall–Kier alpha value is -1.96. The highest BCUT2D eigenvalue weighted by Crippen LogP contribution is 2.22. The molecular formula is C14H22N4O4. The first-order chi connectivity index (χ1) is 10.3. The molecule has 1 saturated heterocycles. The van der Waals surface area contributed by atoms with Crippen molar-refractivity contribution in [1.82, 2.24) is 14.7 Å². The minimum Gasteiger partial charge on any atom is -0.372 e. The molecular weight excluding hydrogens is 288 g/mol. The van der Waals surface area contributed by atoms with Crippen LogP contribution in [0.3, 0.4) is 0 Å². The molecule has 0 aromatic carbocycles. The molecule has 1 aromatic rings. The van der Waals surface area contributed by atoms with Gasteiger partial charge in [0.15, 0.2) is 0 Å². The van der Waals surface area contributed by atoms with E-state index in [-0.39, 0.29) is 30.2 Å². The van der Waals surface area contributed by atoms with Gasteiger partial charge in [0.05, 0.1) is 23.7 Å². The van der Waals surface area contributed by atoms with E-state index in [2.05, 4.69) is 5.10 Å². The zero-order valence-corrected chi connectivity index (χ0v) is 13.4. The molecule has 2 rings (SSSR count). The molecule has 0 saturated carbocycles. The van der Waals surface area contributed by atoms with E-state index >= 15 is 0 Å². The van der Waals surface area contributed by atoms with Gasteiger partial charge in [0.2, 0.25) is 5.91 Å². The number of morpholine rings is 1. The molecule has 0 radical (unpaired) electrons. The van der Waals surface area contributed by atoms with Gasteiger partial charge in [0, 0.05) is 19.5 Å². The summed E-state index contributed by atoms with van der Waals surface area (Å²) in [5, 5.41) is 15.1. The first kappa shape index (κ1) is 16.4. The quantitative estimate of drug-likeness (QED) is 0.620. The molecule has 0 N–H and O–H groups in total. The Labute approximate surface area is 129 Å². The Morgan fingerprint density at radius 3 is 2.45 bits per heavy atom. The maximum atomic E-state index is 12.3. The number of amides is 1. The summed E-state index contributed by atoms with van der Waals surface area (Å²) in [6.45, 7) is 8.66. The van der Waals surface area contributed by atoms with Gasteiger partial charge in [-0.1, -0.05) is 0 Å². The third-order valence-electron chi connectivity index (χ3n) is 3.84. The fraction of sp³-hybridized carbons (Fsp3) is 0.714. The summed E-state index contributed by atoms with van der Waals surface area (Å²) in [5.41, 5.74) is 0.892. The fourth-order valence-electron chi connectivity index (χ4n) is 2.91. The van der Waals surface area contributed by atoms with E-state index in [0.29, 0.717) is 31.0 Å². The zero-order chi connectivity index (χ0) is 16.4. The van der Waals surface area contributed by atoms with Gasteiger partial charge in [-0.15, -0.1) is 0 Å². The van der Waals surface area contributed by atoms with Crippen molar-refractivity contribution in [2.75, 3.05) is 13.1 Å². The van der Waals surface area contributed by atoms with Crippen molar-refractivity contribution in [3.05, 3.63) is 21.5 Å². The molecule has 0 unspecified atom stereocenters. The number of carbonyl (C=O) groups is 1. The second kappa shape index (κ2) is 6.43. The average Bonchev–Trinajstić information content (AvgIpc) is 2.69. The molecule has 0 aliphatic carbocycles. The van der Waals surface area contributed by atoms with E-state index in [1.165, 1.54) is 0 Å². The summed E-state index contributed by atoms with van der Waals surface area (Å²) >= 11 is 0. The van der Waals surface area contributed by atoms with Gasteiger partial charge in [-0.3, -0.25) is 19.6 Å². The van der Waals surface area contributed by atoms with Crippen LogP contribution in [0.4, 0.5) is 5.69 Å². The molecule has 8 heteroatoms. The van der Waals surface area contributed by atoms with Crippen LogP contribution in [-0.2, 0) is 16.1 Å². The van der Waals surface area contributed by atoms with E-state index in [9.17, 15) is 14.9 Å². The fourth-order valence-corrected chi connectivity index (χ4v) is 2.91. The smallest absolute Gasteiger partial charge is 0.312 e. The molecule has 1 fully saturated rings. The van der Waals surface area contributed by atoms with E-state index in [1.54, 1.807) is 23.4 Å². The van der Waals surface area contributed by atoms with Gasteiger partial charge in [0.1, 0.15) is 11.4 Å². The van der Waals surface area contributed by atoms with Crippen LogP contribution in [-0.4, -0.2) is 50.8 Å². The molecule has 1 aliphatic rings. The summed E-state index contributed by atoms with van der Waals surface area (Å²) in [5.74, 6) is 0.0252. The van der Waals surface area contributed by atoms with Crippen molar-refractivity contribution >= 4 is 11.6 Å². The lowest BCUT2D eigenvalue weighted by Crippen LogP contribution is -2.48. The predicted octanol–water partition coefficient (Wildman–Crippen LogP) is 1.43. The number of hydrogen-bond acceptors (Lipinski definition) is 5. The third kappa shape index (κ3) is 3.44. The Kier molecular flexibility index (Phi) is 4.80. The second-order valence-corrected chi connectivity index (χ2v) is 5.81. The van der Waals surface area contributed by atoms with Crippen LogP contribution in [0.25, 0.3) is 0 Å². The first-order valence-corrected chi connectivity index (χ1v) is 7.41. The van der Waals surface area contributed by atoms with E-state index in [1.807, 2.05) is 13.8 Å². The van der Waals surface area contributed by atoms with E-state index < -0.39 is 4.92 Å². The minimum atomic E-state index is -0.429. The minimum absolute atomic E-state index is 0.0252. The lowest BCUT2D eigenvalue weighted by molar-refractivity contribution is -0.386. The molecule has 8 nitrogen and oxygen atoms in total. The summed E-state index contributed by atoms with van der Waals surface area (Å²) in [7, 11) is 0. The largest absolute Gasteiger partial charge is 0.372 e. The number of nitrogens with zero attached hydrogens (tertiary/aromatic N) is 4. The normalized spacial score (nSPS) is 21.9. The third-order valence-corrected chi connectivity index (χ3v) is 3.84. The summed E-state index contributed by atoms with van der Waals surface area (Å²) in [6.07, 6.45) is 0.336. The second-order valence-electron chi connectivity index (χ2n) is 5.81. The Balaban J connectivity index is 2.00. The van der Waals surface area contributed by atoms with Crippen molar-refractivity contribution in [3.8, 4) is 0 Å². The average molecular weight is 310 g/mol. The maximum absolute atomic E-state index is 12.3. The molecule has 1 aliphatic heterocycles. The van der Waals surface area contributed by atoms with Gasteiger partial charge in [-0.2, -0.15) is 5.10 Å². The monoisotopic (exact) mass is 310 g/mol. The Bertz CT molecular complexity index is 574. The van der Waals surface area contributed by atoms with Crippen LogP contribution in [0.5, 0.6) is 0 Å². The number of aromatic nitrogens is 2. The molecule has 22 heavy (non-hydrogen) atoms. The van der Waals surface area contributed by atoms with Crippen molar-refractivity contribution in [1.29, 1.82) is 0 Å². The van der Waals surface area contributed by atoms with Crippen LogP contribution >= 0.6 is 0 Å². The highest BCUT2D eigenvalue weighted by atomic mass is 16.6. The molecule has 2 heterocycles. The number of aryl methyl sites for hydroxylation is 2.